The highest BCUT2D eigenvalue weighted by Crippen LogP contribution is 2.29. The minimum absolute atomic E-state index is 0.0410. The van der Waals surface area contributed by atoms with Gasteiger partial charge in [0, 0.05) is 29.3 Å². The van der Waals surface area contributed by atoms with Crippen LogP contribution < -0.4 is 0 Å². The van der Waals surface area contributed by atoms with Gasteiger partial charge in [0.1, 0.15) is 0 Å². The zero-order chi connectivity index (χ0) is 22.6. The molecule has 3 aromatic heterocycles. The number of para-hydroxylation sites is 1. The van der Waals surface area contributed by atoms with Gasteiger partial charge in [-0.25, -0.2) is 4.98 Å². The number of amides is 1. The second kappa shape index (κ2) is 9.69. The van der Waals surface area contributed by atoms with Gasteiger partial charge in [-0.05, 0) is 47.5 Å². The summed E-state index contributed by atoms with van der Waals surface area (Å²) in [6.07, 6.45) is 0.830. The van der Waals surface area contributed by atoms with Crippen molar-refractivity contribution in [2.75, 3.05) is 0 Å². The summed E-state index contributed by atoms with van der Waals surface area (Å²) < 4.78 is 0. The number of hydrogen-bond donors (Lipinski definition) is 0. The zero-order valence-electron chi connectivity index (χ0n) is 18.3. The molecule has 5 heteroatoms. The first-order valence-electron chi connectivity index (χ1n) is 11.0. The van der Waals surface area contributed by atoms with Crippen LogP contribution in [0.25, 0.3) is 21.5 Å². The van der Waals surface area contributed by atoms with Crippen molar-refractivity contribution in [3.05, 3.63) is 112 Å². The summed E-state index contributed by atoms with van der Waals surface area (Å²) in [6.45, 7) is 2.71. The standard InChI is InChI=1S/C28H24N2OS2/c1-20(17-22-11-7-15-32-22)30(19-21-9-3-2-4-10-21)28(31)24-18-26(27-14-8-16-33-27)29-25-13-6-5-12-23(24)25/h2-16,18,20H,17,19H2,1H3/t20-/m0/s1. The van der Waals surface area contributed by atoms with Crippen LogP contribution in [0.5, 0.6) is 0 Å². The number of carbonyl (C=O) groups is 1. The number of fused-ring (bicyclic) bond motifs is 1. The van der Waals surface area contributed by atoms with Crippen LogP contribution in [-0.2, 0) is 13.0 Å². The predicted molar refractivity (Wildman–Crippen MR) is 139 cm³/mol. The minimum Gasteiger partial charge on any atom is -0.331 e. The van der Waals surface area contributed by atoms with Gasteiger partial charge in [-0.15, -0.1) is 22.7 Å². The van der Waals surface area contributed by atoms with Crippen molar-refractivity contribution in [3.63, 3.8) is 0 Å². The lowest BCUT2D eigenvalue weighted by molar-refractivity contribution is 0.0678. The van der Waals surface area contributed by atoms with E-state index in [1.807, 2.05) is 64.9 Å². The van der Waals surface area contributed by atoms with Crippen molar-refractivity contribution in [2.45, 2.75) is 25.9 Å². The van der Waals surface area contributed by atoms with Crippen LogP contribution in [-0.4, -0.2) is 21.8 Å². The first-order valence-corrected chi connectivity index (χ1v) is 12.8. The first-order chi connectivity index (χ1) is 16.2. The highest BCUT2D eigenvalue weighted by Gasteiger charge is 2.25. The number of rotatable bonds is 7. The van der Waals surface area contributed by atoms with Gasteiger partial charge in [0.05, 0.1) is 21.7 Å². The van der Waals surface area contributed by atoms with Crippen LogP contribution in [0.15, 0.2) is 95.7 Å². The Morgan fingerprint density at radius 2 is 1.67 bits per heavy atom. The lowest BCUT2D eigenvalue weighted by atomic mass is 10.0. The molecule has 0 aliphatic carbocycles. The summed E-state index contributed by atoms with van der Waals surface area (Å²) in [7, 11) is 0. The van der Waals surface area contributed by atoms with E-state index in [2.05, 4.69) is 42.6 Å². The van der Waals surface area contributed by atoms with Crippen LogP contribution in [0.2, 0.25) is 0 Å². The fourth-order valence-electron chi connectivity index (χ4n) is 4.10. The van der Waals surface area contributed by atoms with Crippen LogP contribution in [0, 0.1) is 0 Å². The van der Waals surface area contributed by atoms with Gasteiger partial charge >= 0.3 is 0 Å². The number of pyridine rings is 1. The fourth-order valence-corrected chi connectivity index (χ4v) is 5.61. The molecule has 0 radical (unpaired) electrons. The molecule has 5 aromatic rings. The van der Waals surface area contributed by atoms with E-state index in [1.165, 1.54) is 4.88 Å². The third-order valence-corrected chi connectivity index (χ3v) is 7.58. The fraction of sp³-hybridized carbons (Fsp3) is 0.143. The highest BCUT2D eigenvalue weighted by molar-refractivity contribution is 7.13. The molecule has 5 rings (SSSR count). The van der Waals surface area contributed by atoms with E-state index in [9.17, 15) is 4.79 Å². The van der Waals surface area contributed by atoms with Gasteiger partial charge in [0.15, 0.2) is 0 Å². The number of aromatic nitrogens is 1. The molecule has 0 N–H and O–H groups in total. The molecule has 1 atom stereocenters. The molecule has 0 saturated carbocycles. The molecule has 0 unspecified atom stereocenters. The predicted octanol–water partition coefficient (Wildman–Crippen LogP) is 7.30. The average Bonchev–Trinajstić information content (AvgIpc) is 3.57. The Balaban J connectivity index is 1.58. The number of nitrogens with zero attached hydrogens (tertiary/aromatic N) is 2. The molecule has 0 aliphatic heterocycles. The number of benzene rings is 2. The third-order valence-electron chi connectivity index (χ3n) is 5.79. The summed E-state index contributed by atoms with van der Waals surface area (Å²) in [6, 6.07) is 28.5. The number of carbonyl (C=O) groups excluding carboxylic acids is 1. The van der Waals surface area contributed by atoms with Crippen molar-refractivity contribution in [1.82, 2.24) is 9.88 Å². The third kappa shape index (κ3) is 4.75. The second-order valence-electron chi connectivity index (χ2n) is 8.10. The van der Waals surface area contributed by atoms with E-state index in [-0.39, 0.29) is 11.9 Å². The summed E-state index contributed by atoms with van der Waals surface area (Å²) in [5, 5.41) is 5.03. The molecule has 0 spiro atoms. The van der Waals surface area contributed by atoms with E-state index >= 15 is 0 Å². The Kier molecular flexibility index (Phi) is 6.33. The van der Waals surface area contributed by atoms with Gasteiger partial charge in [-0.1, -0.05) is 60.7 Å². The SMILES string of the molecule is C[C@@H](Cc1cccs1)N(Cc1ccccc1)C(=O)c1cc(-c2cccs2)nc2ccccc12. The molecule has 3 heterocycles. The largest absolute Gasteiger partial charge is 0.331 e. The zero-order valence-corrected chi connectivity index (χ0v) is 20.0. The molecule has 2 aromatic carbocycles. The normalized spacial score (nSPS) is 12.0. The van der Waals surface area contributed by atoms with Crippen molar-refractivity contribution in [3.8, 4) is 10.6 Å². The quantitative estimate of drug-likeness (QED) is 0.251. The monoisotopic (exact) mass is 468 g/mol. The van der Waals surface area contributed by atoms with Crippen molar-refractivity contribution >= 4 is 39.5 Å². The first kappa shape index (κ1) is 21.6. The molecule has 3 nitrogen and oxygen atoms in total. The molecule has 164 valence electrons. The van der Waals surface area contributed by atoms with Crippen LogP contribution in [0.1, 0.15) is 27.7 Å². The van der Waals surface area contributed by atoms with Crippen LogP contribution in [0.3, 0.4) is 0 Å². The molecule has 1 amide bonds. The average molecular weight is 469 g/mol. The van der Waals surface area contributed by atoms with Gasteiger partial charge in [-0.2, -0.15) is 0 Å². The molecular formula is C28H24N2OS2. The Hall–Kier alpha value is -3.28. The summed E-state index contributed by atoms with van der Waals surface area (Å²) >= 11 is 3.38. The van der Waals surface area contributed by atoms with Gasteiger partial charge in [-0.3, -0.25) is 4.79 Å². The molecule has 33 heavy (non-hydrogen) atoms. The van der Waals surface area contributed by atoms with E-state index in [0.717, 1.165) is 33.5 Å². The van der Waals surface area contributed by atoms with E-state index < -0.39 is 0 Å². The van der Waals surface area contributed by atoms with Crippen LogP contribution >= 0.6 is 22.7 Å². The minimum atomic E-state index is 0.0410. The maximum Gasteiger partial charge on any atom is 0.255 e. The topological polar surface area (TPSA) is 33.2 Å². The Bertz CT molecular complexity index is 1350. The number of thiophene rings is 2. The molecule has 0 aliphatic rings. The van der Waals surface area contributed by atoms with Crippen molar-refractivity contribution in [2.24, 2.45) is 0 Å². The summed E-state index contributed by atoms with van der Waals surface area (Å²) in [5.74, 6) is 0.0410. The molecule has 0 fully saturated rings. The lowest BCUT2D eigenvalue weighted by Crippen LogP contribution is -2.39. The van der Waals surface area contributed by atoms with E-state index in [0.29, 0.717) is 12.1 Å². The Labute approximate surface area is 202 Å². The van der Waals surface area contributed by atoms with Gasteiger partial charge in [0.25, 0.3) is 5.91 Å². The highest BCUT2D eigenvalue weighted by atomic mass is 32.1. The maximum absolute atomic E-state index is 14.2. The van der Waals surface area contributed by atoms with E-state index in [4.69, 9.17) is 4.98 Å². The lowest BCUT2D eigenvalue weighted by Gasteiger charge is -2.30. The Morgan fingerprint density at radius 1 is 0.909 bits per heavy atom. The van der Waals surface area contributed by atoms with Crippen molar-refractivity contribution < 1.29 is 4.79 Å². The van der Waals surface area contributed by atoms with Gasteiger partial charge in [0.2, 0.25) is 0 Å². The smallest absolute Gasteiger partial charge is 0.255 e. The van der Waals surface area contributed by atoms with Gasteiger partial charge < -0.3 is 4.90 Å². The second-order valence-corrected chi connectivity index (χ2v) is 10.1. The summed E-state index contributed by atoms with van der Waals surface area (Å²) in [4.78, 5) is 23.4. The van der Waals surface area contributed by atoms with E-state index in [1.54, 1.807) is 22.7 Å². The summed E-state index contributed by atoms with van der Waals surface area (Å²) in [5.41, 5.74) is 3.52. The molecular weight excluding hydrogens is 444 g/mol. The maximum atomic E-state index is 14.2. The van der Waals surface area contributed by atoms with Crippen molar-refractivity contribution in [1.29, 1.82) is 0 Å². The molecule has 0 bridgehead atoms. The Morgan fingerprint density at radius 3 is 2.42 bits per heavy atom. The number of hydrogen-bond acceptors (Lipinski definition) is 4. The van der Waals surface area contributed by atoms with Crippen LogP contribution in [0.4, 0.5) is 0 Å². The molecule has 0 saturated heterocycles.